The van der Waals surface area contributed by atoms with Crippen molar-refractivity contribution in [2.24, 2.45) is 0 Å². The molecule has 0 radical (unpaired) electrons. The van der Waals surface area contributed by atoms with Crippen molar-refractivity contribution >= 4 is 17.6 Å². The minimum Gasteiger partial charge on any atom is -0.393 e. The highest BCUT2D eigenvalue weighted by Crippen LogP contribution is 2.30. The average Bonchev–Trinajstić information content (AvgIpc) is 2.80. The first-order chi connectivity index (χ1) is 8.15. The Bertz CT molecular complexity index is 467. The summed E-state index contributed by atoms with van der Waals surface area (Å²) < 4.78 is 19.9. The molecule has 0 aliphatic carbocycles. The van der Waals surface area contributed by atoms with Gasteiger partial charge in [-0.25, -0.2) is 9.18 Å². The Morgan fingerprint density at radius 1 is 1.82 bits per heavy atom. The van der Waals surface area contributed by atoms with Crippen molar-refractivity contribution in [2.75, 3.05) is 24.7 Å². The van der Waals surface area contributed by atoms with Gasteiger partial charge in [0.1, 0.15) is 11.7 Å². The highest BCUT2D eigenvalue weighted by molar-refractivity contribution is 8.00. The fourth-order valence-electron chi connectivity index (χ4n) is 1.51. The van der Waals surface area contributed by atoms with Crippen LogP contribution in [0.3, 0.4) is 0 Å². The lowest BCUT2D eigenvalue weighted by molar-refractivity contribution is -0.00677. The first-order valence-electron chi connectivity index (χ1n) is 5.00. The third-order valence-electron chi connectivity index (χ3n) is 2.34. The molecule has 6 nitrogen and oxygen atoms in total. The van der Waals surface area contributed by atoms with Crippen LogP contribution in [0.2, 0.25) is 0 Å². The summed E-state index contributed by atoms with van der Waals surface area (Å²) in [6, 6.07) is 0. The topological polar surface area (TPSA) is 76.4 Å². The van der Waals surface area contributed by atoms with Crippen LogP contribution in [0.5, 0.6) is 0 Å². The van der Waals surface area contributed by atoms with Crippen LogP contribution >= 0.6 is 11.8 Å². The monoisotopic (exact) mass is 261 g/mol. The number of anilines is 1. The molecule has 1 aromatic heterocycles. The van der Waals surface area contributed by atoms with Crippen molar-refractivity contribution in [1.82, 2.24) is 9.55 Å². The predicted octanol–water partition coefficient (Wildman–Crippen LogP) is 0.00450. The van der Waals surface area contributed by atoms with Gasteiger partial charge in [0, 0.05) is 12.8 Å². The van der Waals surface area contributed by atoms with Gasteiger partial charge in [-0.1, -0.05) is 0 Å². The number of nitrogens with zero attached hydrogens (tertiary/aromatic N) is 2. The average molecular weight is 261 g/mol. The lowest BCUT2D eigenvalue weighted by Gasteiger charge is -2.14. The van der Waals surface area contributed by atoms with Crippen LogP contribution in [0.4, 0.5) is 10.2 Å². The quantitative estimate of drug-likeness (QED) is 0.798. The minimum absolute atomic E-state index is 0.0874. The van der Waals surface area contributed by atoms with Crippen molar-refractivity contribution in [3.63, 3.8) is 0 Å². The second-order valence-electron chi connectivity index (χ2n) is 3.41. The third kappa shape index (κ3) is 2.43. The number of nitrogens with one attached hydrogen (secondary N) is 1. The largest absolute Gasteiger partial charge is 0.393 e. The number of ether oxygens (including phenoxy) is 1. The number of hydrogen-bond donors (Lipinski definition) is 2. The molecule has 2 rings (SSSR count). The van der Waals surface area contributed by atoms with Gasteiger partial charge in [-0.05, 0) is 0 Å². The van der Waals surface area contributed by atoms with Crippen molar-refractivity contribution in [3.05, 3.63) is 22.5 Å². The molecule has 0 amide bonds. The van der Waals surface area contributed by atoms with Crippen molar-refractivity contribution in [3.8, 4) is 0 Å². The molecule has 1 saturated heterocycles. The molecular weight excluding hydrogens is 249 g/mol. The molecule has 8 heteroatoms. The zero-order valence-electron chi connectivity index (χ0n) is 9.09. The molecule has 1 fully saturated rings. The predicted molar refractivity (Wildman–Crippen MR) is 61.5 cm³/mol. The molecule has 0 aromatic carbocycles. The fraction of sp³-hybridized carbons (Fsp3) is 0.556. The Kier molecular flexibility index (Phi) is 3.65. The van der Waals surface area contributed by atoms with E-state index in [1.807, 2.05) is 0 Å². The third-order valence-corrected chi connectivity index (χ3v) is 3.45. The smallest absolute Gasteiger partial charge is 0.351 e. The van der Waals surface area contributed by atoms with Gasteiger partial charge >= 0.3 is 5.69 Å². The second-order valence-corrected chi connectivity index (χ2v) is 4.61. The van der Waals surface area contributed by atoms with Crippen LogP contribution in [0.25, 0.3) is 0 Å². The first-order valence-corrected chi connectivity index (χ1v) is 6.05. The summed E-state index contributed by atoms with van der Waals surface area (Å²) in [5.41, 5.74) is -0.959. The Hall–Kier alpha value is -1.12. The summed E-state index contributed by atoms with van der Waals surface area (Å²) in [4.78, 5) is 15.2. The van der Waals surface area contributed by atoms with Gasteiger partial charge in [0.15, 0.2) is 11.6 Å². The molecule has 0 spiro atoms. The maximum Gasteiger partial charge on any atom is 0.351 e. The highest BCUT2D eigenvalue weighted by atomic mass is 32.2. The van der Waals surface area contributed by atoms with Gasteiger partial charge < -0.3 is 15.2 Å². The van der Waals surface area contributed by atoms with Crippen molar-refractivity contribution in [2.45, 2.75) is 11.7 Å². The van der Waals surface area contributed by atoms with Crippen LogP contribution < -0.4 is 11.0 Å². The van der Waals surface area contributed by atoms with E-state index in [1.165, 1.54) is 18.8 Å². The Morgan fingerprint density at radius 3 is 3.18 bits per heavy atom. The zero-order valence-corrected chi connectivity index (χ0v) is 9.91. The number of rotatable bonds is 3. The molecule has 0 unspecified atom stereocenters. The number of hydrogen-bond acceptors (Lipinski definition) is 6. The molecule has 1 aliphatic rings. The van der Waals surface area contributed by atoms with Gasteiger partial charge in [-0.15, -0.1) is 11.8 Å². The summed E-state index contributed by atoms with van der Waals surface area (Å²) in [6.45, 7) is -0.138. The van der Waals surface area contributed by atoms with E-state index in [0.29, 0.717) is 5.75 Å². The van der Waals surface area contributed by atoms with E-state index >= 15 is 0 Å². The Morgan fingerprint density at radius 2 is 2.59 bits per heavy atom. The SMILES string of the molecule is CNc1nc(=O)n([C@@H]2CS[C@H](CO)O2)cc1F. The minimum atomic E-state index is -0.617. The second kappa shape index (κ2) is 5.03. The van der Waals surface area contributed by atoms with Crippen LogP contribution in [-0.4, -0.2) is 39.5 Å². The Balaban J connectivity index is 2.28. The van der Waals surface area contributed by atoms with Gasteiger partial charge in [0.2, 0.25) is 0 Å². The summed E-state index contributed by atoms with van der Waals surface area (Å²) in [7, 11) is 1.49. The maximum absolute atomic E-state index is 13.5. The lowest BCUT2D eigenvalue weighted by Crippen LogP contribution is -2.29. The maximum atomic E-state index is 13.5. The van der Waals surface area contributed by atoms with Crippen molar-refractivity contribution < 1.29 is 14.2 Å². The fourth-order valence-corrected chi connectivity index (χ4v) is 2.44. The molecule has 2 N–H and O–H groups in total. The first kappa shape index (κ1) is 12.3. The van der Waals surface area contributed by atoms with E-state index in [4.69, 9.17) is 9.84 Å². The normalized spacial score (nSPS) is 23.9. The van der Waals surface area contributed by atoms with E-state index in [-0.39, 0.29) is 17.9 Å². The van der Waals surface area contributed by atoms with Crippen LogP contribution in [0.15, 0.2) is 11.0 Å². The van der Waals surface area contributed by atoms with Gasteiger partial charge in [0.25, 0.3) is 0 Å². The van der Waals surface area contributed by atoms with E-state index in [9.17, 15) is 9.18 Å². The van der Waals surface area contributed by atoms with Crippen LogP contribution in [0, 0.1) is 5.82 Å². The molecular formula is C9H12FN3O3S. The van der Waals surface area contributed by atoms with Gasteiger partial charge in [-0.2, -0.15) is 4.98 Å². The number of thioether (sulfide) groups is 1. The molecule has 0 bridgehead atoms. The number of aliphatic hydroxyl groups is 1. The highest BCUT2D eigenvalue weighted by Gasteiger charge is 2.28. The molecule has 2 atom stereocenters. The molecule has 0 saturated carbocycles. The van der Waals surface area contributed by atoms with E-state index in [1.54, 1.807) is 0 Å². The van der Waals surface area contributed by atoms with Gasteiger partial charge in [0.05, 0.1) is 12.8 Å². The lowest BCUT2D eigenvalue weighted by atomic mass is 10.5. The summed E-state index contributed by atoms with van der Waals surface area (Å²) in [5, 5.41) is 11.4. The number of halogens is 1. The summed E-state index contributed by atoms with van der Waals surface area (Å²) >= 11 is 1.37. The van der Waals surface area contributed by atoms with Crippen LogP contribution in [-0.2, 0) is 4.74 Å². The standard InChI is InChI=1S/C9H12FN3O3S/c1-11-8-5(10)2-13(9(15)12-8)6-4-17-7(3-14)16-6/h2,6-7,14H,3-4H2,1H3,(H,11,12,15)/t6-,7+/m0/s1. The summed E-state index contributed by atoms with van der Waals surface area (Å²) in [6.07, 6.45) is 0.476. The van der Waals surface area contributed by atoms with E-state index in [0.717, 1.165) is 10.8 Å². The zero-order chi connectivity index (χ0) is 12.4. The van der Waals surface area contributed by atoms with Gasteiger partial charge in [-0.3, -0.25) is 4.57 Å². The molecule has 1 aliphatic heterocycles. The molecule has 94 valence electrons. The molecule has 17 heavy (non-hydrogen) atoms. The molecule has 2 heterocycles. The number of aromatic nitrogens is 2. The van der Waals surface area contributed by atoms with E-state index < -0.39 is 17.7 Å². The Labute approximate surface area is 101 Å². The van der Waals surface area contributed by atoms with E-state index in [2.05, 4.69) is 10.3 Å². The van der Waals surface area contributed by atoms with Crippen LogP contribution in [0.1, 0.15) is 6.23 Å². The van der Waals surface area contributed by atoms with Crippen molar-refractivity contribution in [1.29, 1.82) is 0 Å². The number of aliphatic hydroxyl groups excluding tert-OH is 1. The summed E-state index contributed by atoms with van der Waals surface area (Å²) in [5.74, 6) is -0.228. The molecule has 1 aromatic rings.